The first kappa shape index (κ1) is 19.8. The molecule has 4 heteroatoms. The summed E-state index contributed by atoms with van der Waals surface area (Å²) in [6.45, 7) is 11.4. The molecule has 0 amide bonds. The Morgan fingerprint density at radius 1 is 1.24 bits per heavy atom. The number of aliphatic imine (C=N–C) groups is 1. The summed E-state index contributed by atoms with van der Waals surface area (Å²) in [5, 5.41) is 3.49. The van der Waals surface area contributed by atoms with E-state index in [9.17, 15) is 0 Å². The summed E-state index contributed by atoms with van der Waals surface area (Å²) in [6, 6.07) is 10.9. The molecule has 2 rings (SSSR count). The van der Waals surface area contributed by atoms with E-state index in [1.165, 1.54) is 12.0 Å². The molecule has 1 fully saturated rings. The van der Waals surface area contributed by atoms with Crippen LogP contribution in [0.4, 0.5) is 0 Å². The highest BCUT2D eigenvalue weighted by Crippen LogP contribution is 2.32. The Labute approximate surface area is 153 Å². The second-order valence-corrected chi connectivity index (χ2v) is 7.08. The Morgan fingerprint density at radius 3 is 2.56 bits per heavy atom. The van der Waals surface area contributed by atoms with E-state index in [0.29, 0.717) is 5.92 Å². The van der Waals surface area contributed by atoms with Crippen molar-refractivity contribution >= 4 is 5.96 Å². The van der Waals surface area contributed by atoms with Gasteiger partial charge in [0.1, 0.15) is 0 Å². The van der Waals surface area contributed by atoms with Gasteiger partial charge in [-0.3, -0.25) is 4.99 Å². The van der Waals surface area contributed by atoms with Crippen LogP contribution in [0.2, 0.25) is 0 Å². The Balaban J connectivity index is 2.15. The van der Waals surface area contributed by atoms with Crippen molar-refractivity contribution in [2.75, 3.05) is 39.9 Å². The molecule has 140 valence electrons. The lowest BCUT2D eigenvalue weighted by Crippen LogP contribution is -2.41. The van der Waals surface area contributed by atoms with Gasteiger partial charge in [-0.05, 0) is 31.7 Å². The van der Waals surface area contributed by atoms with E-state index in [1.807, 2.05) is 0 Å². The number of hydrogen-bond acceptors (Lipinski definition) is 2. The summed E-state index contributed by atoms with van der Waals surface area (Å²) in [6.07, 6.45) is 3.38. The second kappa shape index (κ2) is 9.81. The maximum atomic E-state index is 5.33. The standard InChI is InChI=1S/C21H35N3O/c1-5-21(6-2,19-11-9-8-10-12-19)17-23-20(22-7-3)24-14-13-18(15-24)16-25-4/h8-12,18H,5-7,13-17H2,1-4H3,(H,22,23). The molecule has 1 saturated heterocycles. The minimum Gasteiger partial charge on any atom is -0.384 e. The molecule has 1 heterocycles. The third kappa shape index (κ3) is 4.97. The number of rotatable bonds is 8. The molecular formula is C21H35N3O. The van der Waals surface area contributed by atoms with Gasteiger partial charge in [-0.2, -0.15) is 0 Å². The smallest absolute Gasteiger partial charge is 0.193 e. The molecule has 1 aliphatic heterocycles. The maximum absolute atomic E-state index is 5.33. The third-order valence-corrected chi connectivity index (χ3v) is 5.59. The number of methoxy groups -OCH3 is 1. The molecule has 0 aliphatic carbocycles. The van der Waals surface area contributed by atoms with Crippen molar-refractivity contribution in [1.29, 1.82) is 0 Å². The first-order valence-corrected chi connectivity index (χ1v) is 9.76. The molecule has 0 spiro atoms. The van der Waals surface area contributed by atoms with Gasteiger partial charge in [0.15, 0.2) is 5.96 Å². The highest BCUT2D eigenvalue weighted by atomic mass is 16.5. The third-order valence-electron chi connectivity index (χ3n) is 5.59. The normalized spacial score (nSPS) is 18.6. The SMILES string of the molecule is CCNC(=NCC(CC)(CC)c1ccccc1)N1CCC(COC)C1. The van der Waals surface area contributed by atoms with Crippen LogP contribution >= 0.6 is 0 Å². The van der Waals surface area contributed by atoms with E-state index in [4.69, 9.17) is 9.73 Å². The average molecular weight is 346 g/mol. The minimum atomic E-state index is 0.119. The predicted octanol–water partition coefficient (Wildman–Crippen LogP) is 3.68. The van der Waals surface area contributed by atoms with Gasteiger partial charge in [-0.25, -0.2) is 0 Å². The van der Waals surface area contributed by atoms with Crippen LogP contribution in [0.25, 0.3) is 0 Å². The molecule has 4 nitrogen and oxygen atoms in total. The van der Waals surface area contributed by atoms with E-state index in [0.717, 1.165) is 51.6 Å². The van der Waals surface area contributed by atoms with Crippen LogP contribution in [0.1, 0.15) is 45.6 Å². The first-order chi connectivity index (χ1) is 12.2. The molecule has 0 bridgehead atoms. The molecule has 0 aromatic heterocycles. The van der Waals surface area contributed by atoms with Crippen LogP contribution in [0, 0.1) is 5.92 Å². The second-order valence-electron chi connectivity index (χ2n) is 7.08. The van der Waals surface area contributed by atoms with Crippen LogP contribution in [-0.4, -0.2) is 50.8 Å². The molecular weight excluding hydrogens is 310 g/mol. The van der Waals surface area contributed by atoms with Crippen LogP contribution in [0.15, 0.2) is 35.3 Å². The van der Waals surface area contributed by atoms with Crippen LogP contribution < -0.4 is 5.32 Å². The van der Waals surface area contributed by atoms with Gasteiger partial charge < -0.3 is 15.0 Å². The van der Waals surface area contributed by atoms with Gasteiger partial charge in [-0.15, -0.1) is 0 Å². The van der Waals surface area contributed by atoms with Gasteiger partial charge in [-0.1, -0.05) is 44.2 Å². The minimum absolute atomic E-state index is 0.119. The van der Waals surface area contributed by atoms with Gasteiger partial charge in [0, 0.05) is 38.1 Å². The molecule has 1 atom stereocenters. The molecule has 1 aromatic rings. The van der Waals surface area contributed by atoms with Gasteiger partial charge in [0.05, 0.1) is 13.2 Å². The summed E-state index contributed by atoms with van der Waals surface area (Å²) < 4.78 is 5.33. The van der Waals surface area contributed by atoms with Crippen LogP contribution in [0.3, 0.4) is 0 Å². The number of hydrogen-bond donors (Lipinski definition) is 1. The first-order valence-electron chi connectivity index (χ1n) is 9.76. The van der Waals surface area contributed by atoms with E-state index in [1.54, 1.807) is 7.11 Å². The zero-order valence-corrected chi connectivity index (χ0v) is 16.4. The van der Waals surface area contributed by atoms with Crippen molar-refractivity contribution in [3.8, 4) is 0 Å². The molecule has 1 aliphatic rings. The summed E-state index contributed by atoms with van der Waals surface area (Å²) in [7, 11) is 1.79. The molecule has 0 saturated carbocycles. The number of guanidine groups is 1. The van der Waals surface area contributed by atoms with Crippen molar-refractivity contribution in [3.05, 3.63) is 35.9 Å². The highest BCUT2D eigenvalue weighted by Gasteiger charge is 2.30. The van der Waals surface area contributed by atoms with E-state index < -0.39 is 0 Å². The Hall–Kier alpha value is -1.55. The van der Waals surface area contributed by atoms with Crippen molar-refractivity contribution in [2.45, 2.75) is 45.4 Å². The lowest BCUT2D eigenvalue weighted by molar-refractivity contribution is 0.157. The molecule has 25 heavy (non-hydrogen) atoms. The number of benzene rings is 1. The Kier molecular flexibility index (Phi) is 7.76. The number of likely N-dealkylation sites (tertiary alicyclic amines) is 1. The fourth-order valence-electron chi connectivity index (χ4n) is 3.81. The molecule has 1 aromatic carbocycles. The van der Waals surface area contributed by atoms with Gasteiger partial charge in [0.25, 0.3) is 0 Å². The van der Waals surface area contributed by atoms with E-state index >= 15 is 0 Å². The lowest BCUT2D eigenvalue weighted by atomic mass is 9.76. The molecule has 1 unspecified atom stereocenters. The highest BCUT2D eigenvalue weighted by molar-refractivity contribution is 5.80. The van der Waals surface area contributed by atoms with E-state index in [-0.39, 0.29) is 5.41 Å². The topological polar surface area (TPSA) is 36.9 Å². The van der Waals surface area contributed by atoms with Crippen LogP contribution in [0.5, 0.6) is 0 Å². The number of ether oxygens (including phenoxy) is 1. The van der Waals surface area contributed by atoms with Crippen LogP contribution in [-0.2, 0) is 10.2 Å². The summed E-state index contributed by atoms with van der Waals surface area (Å²) in [4.78, 5) is 7.47. The summed E-state index contributed by atoms with van der Waals surface area (Å²) in [5.74, 6) is 1.67. The summed E-state index contributed by atoms with van der Waals surface area (Å²) in [5.41, 5.74) is 1.52. The van der Waals surface area contributed by atoms with Gasteiger partial charge >= 0.3 is 0 Å². The Bertz CT molecular complexity index is 525. The average Bonchev–Trinajstić information content (AvgIpc) is 3.11. The van der Waals surface area contributed by atoms with E-state index in [2.05, 4.69) is 61.3 Å². The Morgan fingerprint density at radius 2 is 1.96 bits per heavy atom. The number of nitrogens with zero attached hydrogens (tertiary/aromatic N) is 2. The largest absolute Gasteiger partial charge is 0.384 e. The zero-order valence-electron chi connectivity index (χ0n) is 16.4. The van der Waals surface area contributed by atoms with Gasteiger partial charge in [0.2, 0.25) is 0 Å². The predicted molar refractivity (Wildman–Crippen MR) is 106 cm³/mol. The quantitative estimate of drug-likeness (QED) is 0.577. The fourth-order valence-corrected chi connectivity index (χ4v) is 3.81. The number of nitrogens with one attached hydrogen (secondary N) is 1. The zero-order chi connectivity index (χ0) is 18.1. The monoisotopic (exact) mass is 345 g/mol. The lowest BCUT2D eigenvalue weighted by Gasteiger charge is -2.32. The molecule has 0 radical (unpaired) electrons. The van der Waals surface area contributed by atoms with Crippen molar-refractivity contribution in [2.24, 2.45) is 10.9 Å². The van der Waals surface area contributed by atoms with Crippen molar-refractivity contribution in [3.63, 3.8) is 0 Å². The summed E-state index contributed by atoms with van der Waals surface area (Å²) >= 11 is 0. The fraction of sp³-hybridized carbons (Fsp3) is 0.667. The van der Waals surface area contributed by atoms with Crippen molar-refractivity contribution in [1.82, 2.24) is 10.2 Å². The van der Waals surface area contributed by atoms with Crippen molar-refractivity contribution < 1.29 is 4.74 Å². The molecule has 1 N–H and O–H groups in total. The maximum Gasteiger partial charge on any atom is 0.193 e.